The van der Waals surface area contributed by atoms with Gasteiger partial charge in [0.1, 0.15) is 0 Å². The van der Waals surface area contributed by atoms with Crippen molar-refractivity contribution in [1.82, 2.24) is 4.90 Å². The van der Waals surface area contributed by atoms with Crippen molar-refractivity contribution >= 4 is 52.2 Å². The Hall–Kier alpha value is -2.15. The van der Waals surface area contributed by atoms with Gasteiger partial charge in [-0.2, -0.15) is 0 Å². The molecule has 3 rings (SSSR count). The standard InChI is InChI=1S/C22H21Cl2NO4S/c1-13(2)12-29-18-7-5-14(9-19(18)28-3)10-20-21(26)25(22(27)30-20)11-15-4-6-16(23)17(24)8-15/h4-10,13H,11-12H2,1-3H3/b20-10-. The summed E-state index contributed by atoms with van der Waals surface area (Å²) >= 11 is 12.9. The van der Waals surface area contributed by atoms with Crippen LogP contribution in [0.5, 0.6) is 11.5 Å². The van der Waals surface area contributed by atoms with Crippen LogP contribution in [0.15, 0.2) is 41.3 Å². The number of thioether (sulfide) groups is 1. The summed E-state index contributed by atoms with van der Waals surface area (Å²) in [4.78, 5) is 26.7. The zero-order valence-corrected chi connectivity index (χ0v) is 19.1. The van der Waals surface area contributed by atoms with Gasteiger partial charge in [-0.1, -0.05) is 49.2 Å². The van der Waals surface area contributed by atoms with Crippen molar-refractivity contribution in [3.05, 3.63) is 62.5 Å². The van der Waals surface area contributed by atoms with E-state index in [0.29, 0.717) is 39.0 Å². The average molecular weight is 466 g/mol. The molecule has 0 radical (unpaired) electrons. The van der Waals surface area contributed by atoms with Crippen molar-refractivity contribution < 1.29 is 19.1 Å². The predicted molar refractivity (Wildman–Crippen MR) is 121 cm³/mol. The first-order valence-corrected chi connectivity index (χ1v) is 10.9. The molecule has 5 nitrogen and oxygen atoms in total. The summed E-state index contributed by atoms with van der Waals surface area (Å²) in [5.74, 6) is 1.24. The van der Waals surface area contributed by atoms with E-state index in [4.69, 9.17) is 32.7 Å². The van der Waals surface area contributed by atoms with Crippen LogP contribution in [0, 0.1) is 5.92 Å². The molecule has 0 aliphatic carbocycles. The van der Waals surface area contributed by atoms with Gasteiger partial charge in [0.25, 0.3) is 11.1 Å². The third-order valence-electron chi connectivity index (χ3n) is 4.26. The summed E-state index contributed by atoms with van der Waals surface area (Å²) < 4.78 is 11.2. The van der Waals surface area contributed by atoms with E-state index in [1.165, 1.54) is 4.90 Å². The van der Waals surface area contributed by atoms with Crippen LogP contribution in [-0.2, 0) is 11.3 Å². The first kappa shape index (κ1) is 22.5. The number of carbonyl (C=O) groups is 2. The lowest BCUT2D eigenvalue weighted by atomic mass is 10.1. The molecular weight excluding hydrogens is 445 g/mol. The maximum absolute atomic E-state index is 12.8. The monoisotopic (exact) mass is 465 g/mol. The van der Waals surface area contributed by atoms with Crippen LogP contribution in [0.4, 0.5) is 4.79 Å². The Balaban J connectivity index is 1.78. The van der Waals surface area contributed by atoms with Crippen LogP contribution in [0.3, 0.4) is 0 Å². The van der Waals surface area contributed by atoms with E-state index in [9.17, 15) is 9.59 Å². The summed E-state index contributed by atoms with van der Waals surface area (Å²) in [6.45, 7) is 4.83. The van der Waals surface area contributed by atoms with Gasteiger partial charge >= 0.3 is 0 Å². The van der Waals surface area contributed by atoms with Crippen LogP contribution in [0.1, 0.15) is 25.0 Å². The van der Waals surface area contributed by atoms with Crippen molar-refractivity contribution in [2.24, 2.45) is 5.92 Å². The molecule has 1 saturated heterocycles. The smallest absolute Gasteiger partial charge is 0.293 e. The van der Waals surface area contributed by atoms with Crippen molar-refractivity contribution in [3.63, 3.8) is 0 Å². The van der Waals surface area contributed by atoms with E-state index in [1.807, 2.05) is 6.07 Å². The first-order chi connectivity index (χ1) is 14.3. The van der Waals surface area contributed by atoms with E-state index in [0.717, 1.165) is 22.9 Å². The van der Waals surface area contributed by atoms with E-state index >= 15 is 0 Å². The summed E-state index contributed by atoms with van der Waals surface area (Å²) in [5, 5.41) is 0.467. The van der Waals surface area contributed by atoms with Gasteiger partial charge < -0.3 is 9.47 Å². The number of carbonyl (C=O) groups excluding carboxylic acids is 2. The molecule has 0 bridgehead atoms. The zero-order valence-electron chi connectivity index (χ0n) is 16.8. The predicted octanol–water partition coefficient (Wildman–Crippen LogP) is 6.27. The van der Waals surface area contributed by atoms with Gasteiger partial charge in [0.05, 0.1) is 35.2 Å². The Morgan fingerprint density at radius 1 is 1.07 bits per heavy atom. The van der Waals surface area contributed by atoms with Gasteiger partial charge in [0.2, 0.25) is 0 Å². The molecule has 0 unspecified atom stereocenters. The third-order valence-corrected chi connectivity index (χ3v) is 5.90. The molecule has 1 aliphatic heterocycles. The molecule has 2 amide bonds. The summed E-state index contributed by atoms with van der Waals surface area (Å²) in [7, 11) is 1.56. The molecular formula is C22H21Cl2NO4S. The summed E-state index contributed by atoms with van der Waals surface area (Å²) in [5.41, 5.74) is 1.46. The Labute approximate surface area is 189 Å². The number of methoxy groups -OCH3 is 1. The Morgan fingerprint density at radius 2 is 1.83 bits per heavy atom. The number of nitrogens with zero attached hydrogens (tertiary/aromatic N) is 1. The highest BCUT2D eigenvalue weighted by atomic mass is 35.5. The van der Waals surface area contributed by atoms with Crippen molar-refractivity contribution in [2.75, 3.05) is 13.7 Å². The molecule has 1 fully saturated rings. The number of imide groups is 1. The number of ether oxygens (including phenoxy) is 2. The second-order valence-corrected chi connectivity index (χ2v) is 8.94. The van der Waals surface area contributed by atoms with Gasteiger partial charge in [-0.15, -0.1) is 0 Å². The fourth-order valence-electron chi connectivity index (χ4n) is 2.76. The van der Waals surface area contributed by atoms with E-state index in [-0.39, 0.29) is 17.7 Å². The topological polar surface area (TPSA) is 55.8 Å². The van der Waals surface area contributed by atoms with Crippen molar-refractivity contribution in [1.29, 1.82) is 0 Å². The largest absolute Gasteiger partial charge is 0.493 e. The molecule has 2 aromatic carbocycles. The van der Waals surface area contributed by atoms with Crippen LogP contribution in [0.25, 0.3) is 6.08 Å². The lowest BCUT2D eigenvalue weighted by Gasteiger charge is -2.13. The minimum absolute atomic E-state index is 0.129. The molecule has 2 aromatic rings. The fourth-order valence-corrected chi connectivity index (χ4v) is 3.92. The van der Waals surface area contributed by atoms with Crippen molar-refractivity contribution in [2.45, 2.75) is 20.4 Å². The maximum Gasteiger partial charge on any atom is 0.293 e. The van der Waals surface area contributed by atoms with E-state index in [2.05, 4.69) is 13.8 Å². The molecule has 158 valence electrons. The van der Waals surface area contributed by atoms with Gasteiger partial charge in [-0.25, -0.2) is 0 Å². The summed E-state index contributed by atoms with van der Waals surface area (Å²) in [6.07, 6.45) is 1.68. The van der Waals surface area contributed by atoms with Crippen LogP contribution in [0.2, 0.25) is 10.0 Å². The minimum atomic E-state index is -0.352. The number of benzene rings is 2. The molecule has 1 aliphatic rings. The molecule has 0 spiro atoms. The molecule has 0 saturated carbocycles. The highest BCUT2D eigenvalue weighted by Gasteiger charge is 2.35. The number of hydrogen-bond donors (Lipinski definition) is 0. The molecule has 8 heteroatoms. The van der Waals surface area contributed by atoms with Gasteiger partial charge in [0, 0.05) is 0 Å². The summed E-state index contributed by atoms with van der Waals surface area (Å²) in [6, 6.07) is 10.4. The fraction of sp³-hybridized carbons (Fsp3) is 0.273. The second-order valence-electron chi connectivity index (χ2n) is 7.13. The lowest BCUT2D eigenvalue weighted by Crippen LogP contribution is -2.27. The normalized spacial score (nSPS) is 15.4. The van der Waals surface area contributed by atoms with Crippen LogP contribution < -0.4 is 9.47 Å². The third kappa shape index (κ3) is 5.31. The quantitative estimate of drug-likeness (QED) is 0.450. The highest BCUT2D eigenvalue weighted by Crippen LogP contribution is 2.36. The van der Waals surface area contributed by atoms with Crippen molar-refractivity contribution in [3.8, 4) is 11.5 Å². The Bertz CT molecular complexity index is 1010. The minimum Gasteiger partial charge on any atom is -0.493 e. The van der Waals surface area contributed by atoms with Crippen LogP contribution in [-0.4, -0.2) is 29.8 Å². The molecule has 0 N–H and O–H groups in total. The SMILES string of the molecule is COc1cc(/C=C2\SC(=O)N(Cc3ccc(Cl)c(Cl)c3)C2=O)ccc1OCC(C)C. The van der Waals surface area contributed by atoms with Gasteiger partial charge in [-0.05, 0) is 59.1 Å². The molecule has 1 heterocycles. The Morgan fingerprint density at radius 3 is 2.50 bits per heavy atom. The Kier molecular flexibility index (Phi) is 7.34. The van der Waals surface area contributed by atoms with E-state index < -0.39 is 0 Å². The number of amides is 2. The number of rotatable bonds is 7. The second kappa shape index (κ2) is 9.77. The zero-order chi connectivity index (χ0) is 21.8. The molecule has 0 atom stereocenters. The first-order valence-electron chi connectivity index (χ1n) is 9.28. The maximum atomic E-state index is 12.8. The highest BCUT2D eigenvalue weighted by molar-refractivity contribution is 8.18. The van der Waals surface area contributed by atoms with Gasteiger partial charge in [-0.3, -0.25) is 14.5 Å². The molecule has 0 aromatic heterocycles. The van der Waals surface area contributed by atoms with E-state index in [1.54, 1.807) is 43.5 Å². The van der Waals surface area contributed by atoms with Gasteiger partial charge in [0.15, 0.2) is 11.5 Å². The molecule has 30 heavy (non-hydrogen) atoms. The average Bonchev–Trinajstić information content (AvgIpc) is 2.96. The lowest BCUT2D eigenvalue weighted by molar-refractivity contribution is -0.123. The van der Waals surface area contributed by atoms with Crippen LogP contribution >= 0.6 is 35.0 Å². The number of hydrogen-bond acceptors (Lipinski definition) is 5. The number of halogens is 2.